The molecule has 3 heterocycles. The first-order chi connectivity index (χ1) is 19.3. The van der Waals surface area contributed by atoms with Crippen molar-refractivity contribution < 1.29 is 9.47 Å². The molecular formula is C33H22N4O2. The van der Waals surface area contributed by atoms with E-state index in [1.165, 1.54) is 5.39 Å². The topological polar surface area (TPSA) is 61.5 Å². The van der Waals surface area contributed by atoms with Crippen molar-refractivity contribution in [2.24, 2.45) is 0 Å². The molecule has 0 saturated carbocycles. The summed E-state index contributed by atoms with van der Waals surface area (Å²) in [7, 11) is 0. The Morgan fingerprint density at radius 3 is 2.41 bits per heavy atom. The molecule has 6 heteroatoms. The summed E-state index contributed by atoms with van der Waals surface area (Å²) in [6, 6.07) is 37.3. The fourth-order valence-corrected chi connectivity index (χ4v) is 5.59. The van der Waals surface area contributed by atoms with Crippen molar-refractivity contribution in [2.75, 3.05) is 0 Å². The van der Waals surface area contributed by atoms with Crippen LogP contribution in [0.2, 0.25) is 0 Å². The van der Waals surface area contributed by atoms with Gasteiger partial charge in [0.15, 0.2) is 11.5 Å². The summed E-state index contributed by atoms with van der Waals surface area (Å²) in [6.45, 7) is 0.241. The van der Waals surface area contributed by atoms with Gasteiger partial charge in [-0.25, -0.2) is 14.5 Å². The van der Waals surface area contributed by atoms with Crippen molar-refractivity contribution in [1.82, 2.24) is 19.6 Å². The monoisotopic (exact) mass is 506 g/mol. The molecule has 0 fully saturated rings. The van der Waals surface area contributed by atoms with Crippen LogP contribution in [-0.4, -0.2) is 19.6 Å². The molecule has 5 aromatic carbocycles. The molecule has 7 aromatic rings. The maximum Gasteiger partial charge on any atom is 0.228 e. The third-order valence-corrected chi connectivity index (χ3v) is 7.37. The molecule has 8 rings (SSSR count). The molecule has 186 valence electrons. The largest absolute Gasteiger partial charge is 0.486 e. The van der Waals surface area contributed by atoms with E-state index in [1.807, 2.05) is 36.4 Å². The highest BCUT2D eigenvalue weighted by atomic mass is 16.5. The highest BCUT2D eigenvalue weighted by Gasteiger charge is 2.34. The normalized spacial score (nSPS) is 14.2. The summed E-state index contributed by atoms with van der Waals surface area (Å²) in [6.07, 6.45) is 1.66. The molecule has 0 N–H and O–H groups in total. The summed E-state index contributed by atoms with van der Waals surface area (Å²) >= 11 is 0. The van der Waals surface area contributed by atoms with Crippen LogP contribution >= 0.6 is 0 Å². The molecule has 0 radical (unpaired) electrons. The van der Waals surface area contributed by atoms with E-state index in [4.69, 9.17) is 19.6 Å². The van der Waals surface area contributed by atoms with Crippen molar-refractivity contribution >= 4 is 27.2 Å². The Labute approximate surface area is 224 Å². The third kappa shape index (κ3) is 3.61. The molecule has 0 bridgehead atoms. The number of hydrogen-bond acceptors (Lipinski definition) is 5. The Hall–Kier alpha value is -5.23. The minimum atomic E-state index is -0.120. The first-order valence-electron chi connectivity index (χ1n) is 12.9. The molecule has 0 amide bonds. The molecule has 1 aliphatic rings. The second kappa shape index (κ2) is 8.67. The second-order valence-corrected chi connectivity index (χ2v) is 9.70. The van der Waals surface area contributed by atoms with E-state index in [2.05, 4.69) is 77.8 Å². The maximum atomic E-state index is 6.40. The van der Waals surface area contributed by atoms with Crippen molar-refractivity contribution in [3.8, 4) is 17.4 Å². The third-order valence-electron chi connectivity index (χ3n) is 7.37. The van der Waals surface area contributed by atoms with E-state index in [0.29, 0.717) is 17.4 Å². The molecule has 39 heavy (non-hydrogen) atoms. The first-order valence-corrected chi connectivity index (χ1v) is 12.9. The predicted molar refractivity (Wildman–Crippen MR) is 150 cm³/mol. The van der Waals surface area contributed by atoms with Gasteiger partial charge in [-0.15, -0.1) is 5.10 Å². The van der Waals surface area contributed by atoms with Gasteiger partial charge in [0.25, 0.3) is 0 Å². The van der Waals surface area contributed by atoms with Gasteiger partial charge in [-0.05, 0) is 45.3 Å². The highest BCUT2D eigenvalue weighted by molar-refractivity contribution is 5.91. The Bertz CT molecular complexity index is 2020. The van der Waals surface area contributed by atoms with Gasteiger partial charge in [0.05, 0.1) is 5.56 Å². The minimum absolute atomic E-state index is 0.120. The standard InChI is InChI=1S/C33H22N4O2/c1-2-10-23(11-3-1)29-30-26-13-7-6-9-22(26)15-17-27(30)39-33-31(29)32-35-28(36-37(32)20-34-33)19-38-25-16-14-21-8-4-5-12-24(21)18-25/h1-18,20,29H,19H2. The number of rotatable bonds is 4. The van der Waals surface area contributed by atoms with Gasteiger partial charge >= 0.3 is 0 Å². The second-order valence-electron chi connectivity index (χ2n) is 9.70. The van der Waals surface area contributed by atoms with Crippen LogP contribution in [0.5, 0.6) is 17.4 Å². The summed E-state index contributed by atoms with van der Waals surface area (Å²) in [5, 5.41) is 9.32. The molecule has 0 aliphatic carbocycles. The van der Waals surface area contributed by atoms with Crippen molar-refractivity contribution in [3.05, 3.63) is 138 Å². The molecule has 0 saturated heterocycles. The van der Waals surface area contributed by atoms with Crippen molar-refractivity contribution in [2.45, 2.75) is 12.5 Å². The Kier molecular flexibility index (Phi) is 4.85. The number of ether oxygens (including phenoxy) is 2. The van der Waals surface area contributed by atoms with Gasteiger partial charge in [-0.3, -0.25) is 0 Å². The molecule has 1 atom stereocenters. The van der Waals surface area contributed by atoms with E-state index in [9.17, 15) is 0 Å². The van der Waals surface area contributed by atoms with Crippen LogP contribution in [0.1, 0.15) is 28.4 Å². The van der Waals surface area contributed by atoms with Crippen LogP contribution in [-0.2, 0) is 6.61 Å². The van der Waals surface area contributed by atoms with Gasteiger partial charge in [0.2, 0.25) is 5.88 Å². The molecule has 1 aliphatic heterocycles. The maximum absolute atomic E-state index is 6.40. The Balaban J connectivity index is 1.24. The first kappa shape index (κ1) is 21.8. The Morgan fingerprint density at radius 1 is 0.744 bits per heavy atom. The number of benzene rings is 5. The molecule has 2 aromatic heterocycles. The number of aromatic nitrogens is 4. The van der Waals surface area contributed by atoms with E-state index < -0.39 is 0 Å². The van der Waals surface area contributed by atoms with Crippen LogP contribution in [0.3, 0.4) is 0 Å². The number of fused-ring (bicyclic) bond motifs is 7. The van der Waals surface area contributed by atoms with Crippen LogP contribution in [0.25, 0.3) is 27.2 Å². The van der Waals surface area contributed by atoms with Crippen molar-refractivity contribution in [1.29, 1.82) is 0 Å². The van der Waals surface area contributed by atoms with E-state index >= 15 is 0 Å². The van der Waals surface area contributed by atoms with Crippen LogP contribution in [0, 0.1) is 0 Å². The lowest BCUT2D eigenvalue weighted by atomic mass is 9.81. The number of nitrogens with zero attached hydrogens (tertiary/aromatic N) is 4. The van der Waals surface area contributed by atoms with E-state index in [1.54, 1.807) is 10.8 Å². The van der Waals surface area contributed by atoms with Gasteiger partial charge in [0.1, 0.15) is 24.4 Å². The SMILES string of the molecule is c1ccc(C2c3c(ccc4ccccc34)Oc3ncn4nc(COc5ccc6ccccc6c5)nc4c32)cc1. The lowest BCUT2D eigenvalue weighted by Gasteiger charge is -2.29. The lowest BCUT2D eigenvalue weighted by molar-refractivity contribution is 0.296. The quantitative estimate of drug-likeness (QED) is 0.251. The fourth-order valence-electron chi connectivity index (χ4n) is 5.59. The Morgan fingerprint density at radius 2 is 1.51 bits per heavy atom. The number of hydrogen-bond donors (Lipinski definition) is 0. The lowest BCUT2D eigenvalue weighted by Crippen LogP contribution is -2.15. The molecule has 1 unspecified atom stereocenters. The zero-order chi connectivity index (χ0) is 25.8. The van der Waals surface area contributed by atoms with Gasteiger partial charge in [0, 0.05) is 11.5 Å². The molecule has 6 nitrogen and oxygen atoms in total. The highest BCUT2D eigenvalue weighted by Crippen LogP contribution is 2.50. The van der Waals surface area contributed by atoms with E-state index in [-0.39, 0.29) is 12.5 Å². The molecular weight excluding hydrogens is 484 g/mol. The van der Waals surface area contributed by atoms with Crippen LogP contribution in [0.4, 0.5) is 0 Å². The smallest absolute Gasteiger partial charge is 0.228 e. The average Bonchev–Trinajstić information content (AvgIpc) is 3.42. The summed E-state index contributed by atoms with van der Waals surface area (Å²) < 4.78 is 14.2. The molecule has 0 spiro atoms. The van der Waals surface area contributed by atoms with Gasteiger partial charge in [-0.2, -0.15) is 0 Å². The zero-order valence-corrected chi connectivity index (χ0v) is 20.9. The minimum Gasteiger partial charge on any atom is -0.486 e. The van der Waals surface area contributed by atoms with Crippen molar-refractivity contribution in [3.63, 3.8) is 0 Å². The van der Waals surface area contributed by atoms with Gasteiger partial charge < -0.3 is 9.47 Å². The van der Waals surface area contributed by atoms with E-state index in [0.717, 1.165) is 44.3 Å². The summed E-state index contributed by atoms with van der Waals surface area (Å²) in [4.78, 5) is 9.60. The van der Waals surface area contributed by atoms with Crippen LogP contribution in [0.15, 0.2) is 116 Å². The average molecular weight is 507 g/mol. The van der Waals surface area contributed by atoms with Gasteiger partial charge in [-0.1, -0.05) is 91.0 Å². The van der Waals surface area contributed by atoms with Crippen LogP contribution < -0.4 is 9.47 Å². The summed E-state index contributed by atoms with van der Waals surface area (Å²) in [5.41, 5.74) is 3.87. The fraction of sp³-hybridized carbons (Fsp3) is 0.0606. The summed E-state index contributed by atoms with van der Waals surface area (Å²) in [5.74, 6) is 2.60. The predicted octanol–water partition coefficient (Wildman–Crippen LogP) is 7.30. The zero-order valence-electron chi connectivity index (χ0n) is 20.9.